The minimum Gasteiger partial charge on any atom is -0.466 e. The van der Waals surface area contributed by atoms with Gasteiger partial charge in [0.05, 0.1) is 30.8 Å². The zero-order chi connectivity index (χ0) is 22.5. The van der Waals surface area contributed by atoms with E-state index in [-0.39, 0.29) is 12.3 Å². The van der Waals surface area contributed by atoms with Gasteiger partial charge < -0.3 is 15.0 Å². The second kappa shape index (κ2) is 10.1. The van der Waals surface area contributed by atoms with Crippen molar-refractivity contribution in [2.24, 2.45) is 10.9 Å². The number of methoxy groups -OCH3 is 1. The highest BCUT2D eigenvalue weighted by Crippen LogP contribution is 2.45. The molecule has 2 aliphatic heterocycles. The maximum absolute atomic E-state index is 14.9. The maximum atomic E-state index is 14.9. The van der Waals surface area contributed by atoms with Crippen molar-refractivity contribution in [2.45, 2.75) is 46.1 Å². The number of thioether (sulfide) groups is 1. The zero-order valence-electron chi connectivity index (χ0n) is 18.3. The molecule has 1 aromatic carbocycles. The molecule has 0 fully saturated rings. The van der Waals surface area contributed by atoms with E-state index in [1.807, 2.05) is 12.3 Å². The van der Waals surface area contributed by atoms with Crippen LogP contribution in [-0.4, -0.2) is 35.6 Å². The fourth-order valence-electron chi connectivity index (χ4n) is 3.63. The summed E-state index contributed by atoms with van der Waals surface area (Å²) in [5.41, 5.74) is 1.88. The molecule has 0 radical (unpaired) electrons. The van der Waals surface area contributed by atoms with E-state index in [0.717, 1.165) is 6.42 Å². The summed E-state index contributed by atoms with van der Waals surface area (Å²) in [6.45, 7) is 6.70. The lowest BCUT2D eigenvalue weighted by Crippen LogP contribution is -2.38. The largest absolute Gasteiger partial charge is 0.466 e. The van der Waals surface area contributed by atoms with Crippen LogP contribution in [0.4, 0.5) is 4.39 Å². The molecule has 166 valence electrons. The van der Waals surface area contributed by atoms with Crippen LogP contribution in [0.2, 0.25) is 0 Å². The van der Waals surface area contributed by atoms with Crippen LogP contribution < -0.4 is 5.32 Å². The van der Waals surface area contributed by atoms with Crippen molar-refractivity contribution in [2.75, 3.05) is 13.7 Å². The molecule has 0 saturated heterocycles. The molecule has 1 N–H and O–H groups in total. The van der Waals surface area contributed by atoms with Gasteiger partial charge in [-0.05, 0) is 30.2 Å². The fourth-order valence-corrected chi connectivity index (χ4v) is 4.57. The Labute approximate surface area is 186 Å². The van der Waals surface area contributed by atoms with Crippen molar-refractivity contribution in [3.63, 3.8) is 0 Å². The van der Waals surface area contributed by atoms with Gasteiger partial charge in [0, 0.05) is 17.8 Å². The highest BCUT2D eigenvalue weighted by molar-refractivity contribution is 8.16. The number of fused-ring (bicyclic) bond motifs is 1. The number of nitrogens with one attached hydrogen (secondary N) is 1. The Morgan fingerprint density at radius 3 is 2.71 bits per heavy atom. The minimum absolute atomic E-state index is 0.116. The van der Waals surface area contributed by atoms with E-state index in [1.165, 1.54) is 24.9 Å². The maximum Gasteiger partial charge on any atom is 0.338 e. The summed E-state index contributed by atoms with van der Waals surface area (Å²) < 4.78 is 19.9. The standard InChI is InChI=1S/C23H28FN3O3S/c1-5-18-20(22(29)30-4)21(16-8-6-7-9-17(16)24)27-15(13-31-23(27)26-18)12-19(28)25-11-10-14(2)3/h6-9,13-14,21H,5,10-12H2,1-4H3,(H,25,28). The number of halogens is 1. The molecule has 1 unspecified atom stereocenters. The van der Waals surface area contributed by atoms with E-state index < -0.39 is 17.8 Å². The van der Waals surface area contributed by atoms with Crippen molar-refractivity contribution in [3.8, 4) is 0 Å². The van der Waals surface area contributed by atoms with Crippen LogP contribution >= 0.6 is 11.8 Å². The van der Waals surface area contributed by atoms with Crippen LogP contribution in [0.3, 0.4) is 0 Å². The topological polar surface area (TPSA) is 71.0 Å². The summed E-state index contributed by atoms with van der Waals surface area (Å²) in [6.07, 6.45) is 1.51. The highest BCUT2D eigenvalue weighted by atomic mass is 32.2. The summed E-state index contributed by atoms with van der Waals surface area (Å²) in [6, 6.07) is 5.61. The predicted octanol–water partition coefficient (Wildman–Crippen LogP) is 4.52. The van der Waals surface area contributed by atoms with Gasteiger partial charge >= 0.3 is 5.97 Å². The van der Waals surface area contributed by atoms with Crippen molar-refractivity contribution >= 4 is 28.8 Å². The van der Waals surface area contributed by atoms with Crippen LogP contribution in [-0.2, 0) is 14.3 Å². The molecule has 6 nitrogen and oxygen atoms in total. The van der Waals surface area contributed by atoms with Crippen LogP contribution in [0.15, 0.2) is 51.6 Å². The number of nitrogens with zero attached hydrogens (tertiary/aromatic N) is 2. The summed E-state index contributed by atoms with van der Waals surface area (Å²) in [5, 5.41) is 5.41. The fraction of sp³-hybridized carbons (Fsp3) is 0.435. The first-order chi connectivity index (χ1) is 14.9. The normalized spacial score (nSPS) is 18.0. The number of esters is 1. The Bertz CT molecular complexity index is 955. The van der Waals surface area contributed by atoms with E-state index in [9.17, 15) is 14.0 Å². The van der Waals surface area contributed by atoms with E-state index in [4.69, 9.17) is 4.74 Å². The van der Waals surface area contributed by atoms with Crippen molar-refractivity contribution < 1.29 is 18.7 Å². The van der Waals surface area contributed by atoms with Crippen LogP contribution in [0.1, 0.15) is 51.6 Å². The van der Waals surface area contributed by atoms with Gasteiger partial charge in [0.25, 0.3) is 0 Å². The Kier molecular flexibility index (Phi) is 7.54. The van der Waals surface area contributed by atoms with E-state index >= 15 is 0 Å². The number of amidine groups is 1. The van der Waals surface area contributed by atoms with Gasteiger partial charge in [-0.2, -0.15) is 0 Å². The lowest BCUT2D eigenvalue weighted by Gasteiger charge is -2.36. The smallest absolute Gasteiger partial charge is 0.338 e. The third-order valence-corrected chi connectivity index (χ3v) is 6.10. The number of benzene rings is 1. The molecule has 0 bridgehead atoms. The average molecular weight is 446 g/mol. The molecular formula is C23H28FN3O3S. The van der Waals surface area contributed by atoms with Gasteiger partial charge in [-0.1, -0.05) is 50.7 Å². The number of hydrogen-bond acceptors (Lipinski definition) is 6. The summed E-state index contributed by atoms with van der Waals surface area (Å²) in [7, 11) is 1.30. The number of rotatable bonds is 8. The molecule has 0 saturated carbocycles. The minimum atomic E-state index is -0.749. The molecule has 8 heteroatoms. The molecule has 31 heavy (non-hydrogen) atoms. The number of hydrogen-bond donors (Lipinski definition) is 1. The first-order valence-corrected chi connectivity index (χ1v) is 11.3. The van der Waals surface area contributed by atoms with Crippen LogP contribution in [0, 0.1) is 11.7 Å². The number of aliphatic imine (C=N–C) groups is 1. The molecule has 0 aromatic heterocycles. The van der Waals surface area contributed by atoms with Gasteiger partial charge in [-0.15, -0.1) is 0 Å². The first kappa shape index (κ1) is 23.1. The van der Waals surface area contributed by atoms with Gasteiger partial charge in [0.2, 0.25) is 5.91 Å². The first-order valence-electron chi connectivity index (χ1n) is 10.4. The van der Waals surface area contributed by atoms with Gasteiger partial charge in [-0.25, -0.2) is 14.2 Å². The molecule has 2 aliphatic rings. The summed E-state index contributed by atoms with van der Waals surface area (Å²) in [4.78, 5) is 31.7. The number of carbonyl (C=O) groups excluding carboxylic acids is 2. The molecule has 2 heterocycles. The second-order valence-corrected chi connectivity index (χ2v) is 8.67. The second-order valence-electron chi connectivity index (χ2n) is 7.83. The third kappa shape index (κ3) is 5.01. The lowest BCUT2D eigenvalue weighted by atomic mass is 9.92. The Hall–Kier alpha value is -2.61. The van der Waals surface area contributed by atoms with Crippen molar-refractivity contribution in [3.05, 3.63) is 58.0 Å². The quantitative estimate of drug-likeness (QED) is 0.596. The molecule has 0 spiro atoms. The zero-order valence-corrected chi connectivity index (χ0v) is 19.1. The lowest BCUT2D eigenvalue weighted by molar-refractivity contribution is -0.136. The van der Waals surface area contributed by atoms with Crippen LogP contribution in [0.5, 0.6) is 0 Å². The van der Waals surface area contributed by atoms with Crippen molar-refractivity contribution in [1.82, 2.24) is 10.2 Å². The van der Waals surface area contributed by atoms with E-state index in [0.29, 0.717) is 46.6 Å². The molecule has 1 amide bonds. The Balaban J connectivity index is 1.97. The molecular weight excluding hydrogens is 417 g/mol. The average Bonchev–Trinajstić information content (AvgIpc) is 3.14. The number of allylic oxidation sites excluding steroid dienone is 1. The number of ether oxygens (including phenoxy) is 1. The number of amides is 1. The Morgan fingerprint density at radius 2 is 2.06 bits per heavy atom. The number of carbonyl (C=O) groups is 2. The molecule has 1 aromatic rings. The molecule has 1 atom stereocenters. The van der Waals surface area contributed by atoms with Crippen molar-refractivity contribution in [1.29, 1.82) is 0 Å². The monoisotopic (exact) mass is 445 g/mol. The van der Waals surface area contributed by atoms with Gasteiger partial charge in [-0.3, -0.25) is 4.79 Å². The molecule has 3 rings (SSSR count). The van der Waals surface area contributed by atoms with E-state index in [1.54, 1.807) is 23.1 Å². The highest BCUT2D eigenvalue weighted by Gasteiger charge is 2.42. The SMILES string of the molecule is CCC1=C(C(=O)OC)C(c2ccccc2F)N2C(CC(=O)NCCC(C)C)=CSC2=N1. The summed E-state index contributed by atoms with van der Waals surface area (Å²) in [5.74, 6) is -0.604. The van der Waals surface area contributed by atoms with Gasteiger partial charge in [0.15, 0.2) is 5.17 Å². The third-order valence-electron chi connectivity index (χ3n) is 5.21. The molecule has 0 aliphatic carbocycles. The predicted molar refractivity (Wildman–Crippen MR) is 121 cm³/mol. The summed E-state index contributed by atoms with van der Waals surface area (Å²) >= 11 is 1.38. The Morgan fingerprint density at radius 1 is 1.32 bits per heavy atom. The van der Waals surface area contributed by atoms with E-state index in [2.05, 4.69) is 24.2 Å². The van der Waals surface area contributed by atoms with Crippen LogP contribution in [0.25, 0.3) is 0 Å². The van der Waals surface area contributed by atoms with Gasteiger partial charge in [0.1, 0.15) is 5.82 Å².